The molecule has 2 aliphatic rings. The lowest BCUT2D eigenvalue weighted by Crippen LogP contribution is -2.30. The van der Waals surface area contributed by atoms with Crippen LogP contribution in [0.4, 0.5) is 0 Å². The Kier molecular flexibility index (Phi) is 4.24. The quantitative estimate of drug-likeness (QED) is 0.689. The van der Waals surface area contributed by atoms with E-state index in [9.17, 15) is 4.79 Å². The summed E-state index contributed by atoms with van der Waals surface area (Å²) in [4.78, 5) is 15.0. The third-order valence-corrected chi connectivity index (χ3v) is 5.25. The SMILES string of the molecule is O=C(c1cc(-c2ccccc2)on1)N1CCCC1c1ccc2c(c1)OCCO2. The predicted molar refractivity (Wildman–Crippen MR) is 102 cm³/mol. The summed E-state index contributed by atoms with van der Waals surface area (Å²) in [6.45, 7) is 1.81. The normalized spacial score (nSPS) is 18.3. The summed E-state index contributed by atoms with van der Waals surface area (Å²) in [5.74, 6) is 1.99. The van der Waals surface area contributed by atoms with Crippen LogP contribution < -0.4 is 9.47 Å². The fraction of sp³-hybridized carbons (Fsp3) is 0.273. The van der Waals surface area contributed by atoms with Gasteiger partial charge < -0.3 is 18.9 Å². The summed E-state index contributed by atoms with van der Waals surface area (Å²) < 4.78 is 16.7. The smallest absolute Gasteiger partial charge is 0.276 e. The molecule has 142 valence electrons. The number of carbonyl (C=O) groups excluding carboxylic acids is 1. The fourth-order valence-corrected chi connectivity index (χ4v) is 3.89. The third kappa shape index (κ3) is 3.01. The molecule has 1 aromatic heterocycles. The third-order valence-electron chi connectivity index (χ3n) is 5.25. The Morgan fingerprint density at radius 2 is 1.82 bits per heavy atom. The largest absolute Gasteiger partial charge is 0.486 e. The van der Waals surface area contributed by atoms with Crippen molar-refractivity contribution in [2.45, 2.75) is 18.9 Å². The fourth-order valence-electron chi connectivity index (χ4n) is 3.89. The second-order valence-corrected chi connectivity index (χ2v) is 7.00. The molecular weight excluding hydrogens is 356 g/mol. The van der Waals surface area contributed by atoms with E-state index in [-0.39, 0.29) is 11.9 Å². The van der Waals surface area contributed by atoms with Gasteiger partial charge in [-0.2, -0.15) is 0 Å². The first kappa shape index (κ1) is 16.9. The number of amides is 1. The van der Waals surface area contributed by atoms with Crippen molar-refractivity contribution in [3.63, 3.8) is 0 Å². The maximum Gasteiger partial charge on any atom is 0.276 e. The van der Waals surface area contributed by atoms with Gasteiger partial charge in [-0.25, -0.2) is 0 Å². The molecule has 2 aromatic carbocycles. The predicted octanol–water partition coefficient (Wildman–Crippen LogP) is 4.09. The van der Waals surface area contributed by atoms with E-state index >= 15 is 0 Å². The Morgan fingerprint density at radius 3 is 2.68 bits per heavy atom. The molecule has 1 atom stereocenters. The van der Waals surface area contributed by atoms with E-state index in [2.05, 4.69) is 5.16 Å². The lowest BCUT2D eigenvalue weighted by Gasteiger charge is -2.26. The van der Waals surface area contributed by atoms with Gasteiger partial charge in [0.05, 0.1) is 6.04 Å². The van der Waals surface area contributed by atoms with Gasteiger partial charge in [0, 0.05) is 18.2 Å². The molecule has 1 saturated heterocycles. The van der Waals surface area contributed by atoms with Crippen LogP contribution >= 0.6 is 0 Å². The van der Waals surface area contributed by atoms with E-state index in [4.69, 9.17) is 14.0 Å². The number of rotatable bonds is 3. The van der Waals surface area contributed by atoms with Gasteiger partial charge in [-0.15, -0.1) is 0 Å². The number of hydrogen-bond donors (Lipinski definition) is 0. The van der Waals surface area contributed by atoms with E-state index in [1.807, 2.05) is 53.4 Å². The van der Waals surface area contributed by atoms with Crippen molar-refractivity contribution in [1.29, 1.82) is 0 Å². The summed E-state index contributed by atoms with van der Waals surface area (Å²) in [6, 6.07) is 17.3. The van der Waals surface area contributed by atoms with Gasteiger partial charge >= 0.3 is 0 Å². The van der Waals surface area contributed by atoms with Crippen LogP contribution in [-0.4, -0.2) is 35.7 Å². The lowest BCUT2D eigenvalue weighted by atomic mass is 10.0. The van der Waals surface area contributed by atoms with Gasteiger partial charge in [-0.05, 0) is 30.5 Å². The molecule has 0 bridgehead atoms. The molecule has 6 nitrogen and oxygen atoms in total. The Balaban J connectivity index is 1.40. The average Bonchev–Trinajstić information content (AvgIpc) is 3.44. The van der Waals surface area contributed by atoms with Crippen LogP contribution in [0.1, 0.15) is 34.9 Å². The number of hydrogen-bond acceptors (Lipinski definition) is 5. The van der Waals surface area contributed by atoms with Gasteiger partial charge in [-0.3, -0.25) is 4.79 Å². The average molecular weight is 376 g/mol. The molecule has 0 saturated carbocycles. The van der Waals surface area contributed by atoms with Crippen LogP contribution in [0, 0.1) is 0 Å². The monoisotopic (exact) mass is 376 g/mol. The Hall–Kier alpha value is -3.28. The summed E-state index contributed by atoms with van der Waals surface area (Å²) in [7, 11) is 0. The highest BCUT2D eigenvalue weighted by Gasteiger charge is 2.33. The first-order valence-electron chi connectivity index (χ1n) is 9.52. The van der Waals surface area contributed by atoms with Crippen molar-refractivity contribution in [1.82, 2.24) is 10.1 Å². The molecule has 3 aromatic rings. The molecule has 1 amide bonds. The van der Waals surface area contributed by atoms with Gasteiger partial charge in [0.15, 0.2) is 23.0 Å². The van der Waals surface area contributed by atoms with Crippen molar-refractivity contribution in [3.05, 3.63) is 65.9 Å². The summed E-state index contributed by atoms with van der Waals surface area (Å²) >= 11 is 0. The Morgan fingerprint density at radius 1 is 1.00 bits per heavy atom. The summed E-state index contributed by atoms with van der Waals surface area (Å²) in [5.41, 5.74) is 2.30. The van der Waals surface area contributed by atoms with Gasteiger partial charge in [0.1, 0.15) is 13.2 Å². The zero-order valence-corrected chi connectivity index (χ0v) is 15.3. The highest BCUT2D eigenvalue weighted by molar-refractivity contribution is 5.93. The van der Waals surface area contributed by atoms with E-state index in [1.54, 1.807) is 6.07 Å². The van der Waals surface area contributed by atoms with Crippen LogP contribution in [0.25, 0.3) is 11.3 Å². The molecule has 6 heteroatoms. The highest BCUT2D eigenvalue weighted by Crippen LogP contribution is 2.38. The highest BCUT2D eigenvalue weighted by atomic mass is 16.6. The number of likely N-dealkylation sites (tertiary alicyclic amines) is 1. The van der Waals surface area contributed by atoms with Crippen molar-refractivity contribution in [2.75, 3.05) is 19.8 Å². The number of nitrogens with zero attached hydrogens (tertiary/aromatic N) is 2. The zero-order valence-electron chi connectivity index (χ0n) is 15.3. The van der Waals surface area contributed by atoms with Crippen LogP contribution in [0.3, 0.4) is 0 Å². The van der Waals surface area contributed by atoms with Crippen LogP contribution in [0.5, 0.6) is 11.5 Å². The van der Waals surface area contributed by atoms with Crippen molar-refractivity contribution in [3.8, 4) is 22.8 Å². The molecule has 2 aliphatic heterocycles. The minimum Gasteiger partial charge on any atom is -0.486 e. The number of benzene rings is 2. The number of ether oxygens (including phenoxy) is 2. The molecule has 0 radical (unpaired) electrons. The maximum atomic E-state index is 13.1. The molecule has 1 unspecified atom stereocenters. The lowest BCUT2D eigenvalue weighted by molar-refractivity contribution is 0.0724. The standard InChI is InChI=1S/C22H20N2O4/c25-22(17-14-20(28-23-17)15-5-2-1-3-6-15)24-10-4-7-18(24)16-8-9-19-21(13-16)27-12-11-26-19/h1-3,5-6,8-9,13-14,18H,4,7,10-12H2. The van der Waals surface area contributed by atoms with Gasteiger partial charge in [0.2, 0.25) is 0 Å². The Bertz CT molecular complexity index is 999. The number of carbonyl (C=O) groups is 1. The molecule has 0 aliphatic carbocycles. The second-order valence-electron chi connectivity index (χ2n) is 7.00. The minimum atomic E-state index is -0.108. The molecular formula is C22H20N2O4. The van der Waals surface area contributed by atoms with Crippen LogP contribution in [0.2, 0.25) is 0 Å². The Labute approximate surface area is 162 Å². The zero-order chi connectivity index (χ0) is 18.9. The molecule has 3 heterocycles. The molecule has 28 heavy (non-hydrogen) atoms. The molecule has 0 N–H and O–H groups in total. The summed E-state index contributed by atoms with van der Waals surface area (Å²) in [6.07, 6.45) is 1.86. The number of aromatic nitrogens is 1. The van der Waals surface area contributed by atoms with E-state index in [0.717, 1.165) is 35.5 Å². The van der Waals surface area contributed by atoms with Crippen LogP contribution in [-0.2, 0) is 0 Å². The second kappa shape index (κ2) is 7.03. The van der Waals surface area contributed by atoms with Crippen molar-refractivity contribution < 1.29 is 18.8 Å². The molecule has 1 fully saturated rings. The van der Waals surface area contributed by atoms with Gasteiger partial charge in [-0.1, -0.05) is 41.6 Å². The minimum absolute atomic E-state index is 0.000187. The van der Waals surface area contributed by atoms with E-state index < -0.39 is 0 Å². The first-order valence-corrected chi connectivity index (χ1v) is 9.52. The first-order chi connectivity index (χ1) is 13.8. The van der Waals surface area contributed by atoms with Gasteiger partial charge in [0.25, 0.3) is 5.91 Å². The topological polar surface area (TPSA) is 64.8 Å². The maximum absolute atomic E-state index is 13.1. The van der Waals surface area contributed by atoms with Crippen molar-refractivity contribution in [2.24, 2.45) is 0 Å². The van der Waals surface area contributed by atoms with Crippen LogP contribution in [0.15, 0.2) is 59.1 Å². The molecule has 0 spiro atoms. The van der Waals surface area contributed by atoms with E-state index in [1.165, 1.54) is 0 Å². The number of fused-ring (bicyclic) bond motifs is 1. The van der Waals surface area contributed by atoms with E-state index in [0.29, 0.717) is 31.2 Å². The summed E-state index contributed by atoms with van der Waals surface area (Å²) in [5, 5.41) is 4.02. The van der Waals surface area contributed by atoms with Crippen molar-refractivity contribution >= 4 is 5.91 Å². The molecule has 5 rings (SSSR count).